The van der Waals surface area contributed by atoms with Crippen molar-refractivity contribution < 1.29 is 9.59 Å². The molecule has 0 spiro atoms. The minimum Gasteiger partial charge on any atom is -0.355 e. The van der Waals surface area contributed by atoms with Gasteiger partial charge >= 0.3 is 0 Å². The SMILES string of the molecule is CC(C)(C)C(=O)NCC1CCCN(C(=O)c2cccc(Cl)c2)C1. The number of amides is 2. The molecule has 1 aliphatic rings. The Kier molecular flexibility index (Phi) is 5.69. The molecule has 1 fully saturated rings. The number of nitrogens with one attached hydrogen (secondary N) is 1. The van der Waals surface area contributed by atoms with E-state index in [9.17, 15) is 9.59 Å². The van der Waals surface area contributed by atoms with Gasteiger partial charge in [0.15, 0.2) is 0 Å². The highest BCUT2D eigenvalue weighted by atomic mass is 35.5. The van der Waals surface area contributed by atoms with Gasteiger partial charge in [-0.2, -0.15) is 0 Å². The molecule has 0 saturated carbocycles. The fraction of sp³-hybridized carbons (Fsp3) is 0.556. The van der Waals surface area contributed by atoms with Gasteiger partial charge in [-0.25, -0.2) is 0 Å². The molecule has 126 valence electrons. The van der Waals surface area contributed by atoms with Gasteiger partial charge in [-0.05, 0) is 37.0 Å². The van der Waals surface area contributed by atoms with Gasteiger partial charge in [0.2, 0.25) is 5.91 Å². The van der Waals surface area contributed by atoms with Crippen LogP contribution in [-0.2, 0) is 4.79 Å². The molecule has 0 aliphatic carbocycles. The van der Waals surface area contributed by atoms with Crippen molar-refractivity contribution in [2.75, 3.05) is 19.6 Å². The number of rotatable bonds is 3. The fourth-order valence-corrected chi connectivity index (χ4v) is 2.91. The lowest BCUT2D eigenvalue weighted by Gasteiger charge is -2.33. The number of likely N-dealkylation sites (tertiary alicyclic amines) is 1. The topological polar surface area (TPSA) is 49.4 Å². The first-order chi connectivity index (χ1) is 10.8. The zero-order valence-corrected chi connectivity index (χ0v) is 14.8. The number of carbonyl (C=O) groups excluding carboxylic acids is 2. The van der Waals surface area contributed by atoms with Gasteiger partial charge in [-0.1, -0.05) is 38.4 Å². The Morgan fingerprint density at radius 3 is 2.74 bits per heavy atom. The number of halogens is 1. The summed E-state index contributed by atoms with van der Waals surface area (Å²) in [5.41, 5.74) is 0.238. The van der Waals surface area contributed by atoms with E-state index < -0.39 is 0 Å². The van der Waals surface area contributed by atoms with Crippen molar-refractivity contribution in [3.63, 3.8) is 0 Å². The minimum atomic E-state index is -0.384. The number of hydrogen-bond acceptors (Lipinski definition) is 2. The van der Waals surface area contributed by atoms with Gasteiger partial charge in [-0.3, -0.25) is 9.59 Å². The number of carbonyl (C=O) groups is 2. The summed E-state index contributed by atoms with van der Waals surface area (Å²) in [5, 5.41) is 3.57. The van der Waals surface area contributed by atoms with Crippen LogP contribution in [0.1, 0.15) is 44.0 Å². The van der Waals surface area contributed by atoms with E-state index in [2.05, 4.69) is 5.32 Å². The largest absolute Gasteiger partial charge is 0.355 e. The highest BCUT2D eigenvalue weighted by Crippen LogP contribution is 2.20. The third-order valence-corrected chi connectivity index (χ3v) is 4.35. The Morgan fingerprint density at radius 1 is 1.35 bits per heavy atom. The van der Waals surface area contributed by atoms with Crippen LogP contribution in [0.15, 0.2) is 24.3 Å². The summed E-state index contributed by atoms with van der Waals surface area (Å²) in [7, 11) is 0. The second kappa shape index (κ2) is 7.35. The van der Waals surface area contributed by atoms with Crippen molar-refractivity contribution in [2.45, 2.75) is 33.6 Å². The fourth-order valence-electron chi connectivity index (χ4n) is 2.72. The van der Waals surface area contributed by atoms with Gasteiger partial charge < -0.3 is 10.2 Å². The van der Waals surface area contributed by atoms with Crippen LogP contribution in [0.5, 0.6) is 0 Å². The maximum Gasteiger partial charge on any atom is 0.253 e. The van der Waals surface area contributed by atoms with E-state index in [4.69, 9.17) is 11.6 Å². The highest BCUT2D eigenvalue weighted by Gasteiger charge is 2.26. The van der Waals surface area contributed by atoms with Crippen molar-refractivity contribution in [2.24, 2.45) is 11.3 Å². The van der Waals surface area contributed by atoms with E-state index in [-0.39, 0.29) is 17.2 Å². The van der Waals surface area contributed by atoms with Gasteiger partial charge in [0.25, 0.3) is 5.91 Å². The molecule has 1 unspecified atom stereocenters. The van der Waals surface area contributed by atoms with E-state index >= 15 is 0 Å². The van der Waals surface area contributed by atoms with Crippen molar-refractivity contribution >= 4 is 23.4 Å². The standard InChI is InChI=1S/C18H25ClN2O2/c1-18(2,3)17(23)20-11-13-6-5-9-21(12-13)16(22)14-7-4-8-15(19)10-14/h4,7-8,10,13H,5-6,9,11-12H2,1-3H3,(H,20,23). The van der Waals surface area contributed by atoms with Crippen LogP contribution in [0.4, 0.5) is 0 Å². The highest BCUT2D eigenvalue weighted by molar-refractivity contribution is 6.30. The molecule has 2 rings (SSSR count). The second-order valence-electron chi connectivity index (χ2n) is 7.23. The van der Waals surface area contributed by atoms with Crippen LogP contribution in [-0.4, -0.2) is 36.3 Å². The van der Waals surface area contributed by atoms with Crippen LogP contribution in [0, 0.1) is 11.3 Å². The molecule has 1 aromatic carbocycles. The Labute approximate surface area is 143 Å². The molecule has 1 saturated heterocycles. The molecular formula is C18H25ClN2O2. The summed E-state index contributed by atoms with van der Waals surface area (Å²) in [6.45, 7) is 7.76. The Balaban J connectivity index is 1.93. The predicted molar refractivity (Wildman–Crippen MR) is 92.5 cm³/mol. The minimum absolute atomic E-state index is 0.0133. The molecule has 1 aromatic rings. The van der Waals surface area contributed by atoms with Crippen LogP contribution in [0.3, 0.4) is 0 Å². The molecule has 5 heteroatoms. The van der Waals surface area contributed by atoms with Crippen LogP contribution in [0.25, 0.3) is 0 Å². The predicted octanol–water partition coefficient (Wildman–Crippen LogP) is 3.35. The summed E-state index contributed by atoms with van der Waals surface area (Å²) in [6.07, 6.45) is 1.99. The van der Waals surface area contributed by atoms with E-state index in [1.165, 1.54) is 0 Å². The van der Waals surface area contributed by atoms with E-state index in [0.29, 0.717) is 29.6 Å². The lowest BCUT2D eigenvalue weighted by Crippen LogP contribution is -2.45. The Bertz CT molecular complexity index is 581. The first-order valence-corrected chi connectivity index (χ1v) is 8.48. The zero-order valence-electron chi connectivity index (χ0n) is 14.1. The average molecular weight is 337 g/mol. The quantitative estimate of drug-likeness (QED) is 0.920. The summed E-state index contributed by atoms with van der Waals surface area (Å²) in [5.74, 6) is 0.369. The summed E-state index contributed by atoms with van der Waals surface area (Å²) in [6, 6.07) is 7.05. The number of benzene rings is 1. The van der Waals surface area contributed by atoms with Crippen molar-refractivity contribution in [3.05, 3.63) is 34.9 Å². The first kappa shape index (κ1) is 17.8. The molecule has 1 atom stereocenters. The Morgan fingerprint density at radius 2 is 2.09 bits per heavy atom. The van der Waals surface area contributed by atoms with Crippen LogP contribution < -0.4 is 5.32 Å². The second-order valence-corrected chi connectivity index (χ2v) is 7.67. The van der Waals surface area contributed by atoms with Gasteiger partial charge in [0.05, 0.1) is 0 Å². The molecule has 0 radical (unpaired) electrons. The number of piperidine rings is 1. The van der Waals surface area contributed by atoms with Gasteiger partial charge in [0, 0.05) is 35.6 Å². The zero-order chi connectivity index (χ0) is 17.0. The van der Waals surface area contributed by atoms with E-state index in [1.54, 1.807) is 24.3 Å². The summed E-state index contributed by atoms with van der Waals surface area (Å²) in [4.78, 5) is 26.4. The molecule has 23 heavy (non-hydrogen) atoms. The normalized spacial score (nSPS) is 18.6. The maximum atomic E-state index is 12.6. The molecule has 1 N–H and O–H groups in total. The monoisotopic (exact) mass is 336 g/mol. The lowest BCUT2D eigenvalue weighted by molar-refractivity contribution is -0.128. The molecular weight excluding hydrogens is 312 g/mol. The molecule has 2 amide bonds. The van der Waals surface area contributed by atoms with Crippen molar-refractivity contribution in [3.8, 4) is 0 Å². The maximum absolute atomic E-state index is 12.6. The summed E-state index contributed by atoms with van der Waals surface area (Å²) < 4.78 is 0. The van der Waals surface area contributed by atoms with Gasteiger partial charge in [-0.15, -0.1) is 0 Å². The summed E-state index contributed by atoms with van der Waals surface area (Å²) >= 11 is 5.97. The molecule has 4 nitrogen and oxygen atoms in total. The first-order valence-electron chi connectivity index (χ1n) is 8.10. The van der Waals surface area contributed by atoms with E-state index in [0.717, 1.165) is 19.4 Å². The van der Waals surface area contributed by atoms with Crippen molar-refractivity contribution in [1.82, 2.24) is 10.2 Å². The van der Waals surface area contributed by atoms with Gasteiger partial charge in [0.1, 0.15) is 0 Å². The number of nitrogens with zero attached hydrogens (tertiary/aromatic N) is 1. The van der Waals surface area contributed by atoms with E-state index in [1.807, 2.05) is 25.7 Å². The van der Waals surface area contributed by atoms with Crippen LogP contribution >= 0.6 is 11.6 Å². The Hall–Kier alpha value is -1.55. The smallest absolute Gasteiger partial charge is 0.253 e. The third kappa shape index (κ3) is 4.96. The van der Waals surface area contributed by atoms with Crippen molar-refractivity contribution in [1.29, 1.82) is 0 Å². The average Bonchev–Trinajstić information content (AvgIpc) is 2.51. The molecule has 0 bridgehead atoms. The van der Waals surface area contributed by atoms with Crippen LogP contribution in [0.2, 0.25) is 5.02 Å². The molecule has 0 aromatic heterocycles. The lowest BCUT2D eigenvalue weighted by atomic mass is 9.94. The number of hydrogen-bond donors (Lipinski definition) is 1. The molecule has 1 heterocycles. The molecule has 1 aliphatic heterocycles. The third-order valence-electron chi connectivity index (χ3n) is 4.11.